The molecule has 0 aromatic heterocycles. The van der Waals surface area contributed by atoms with Crippen LogP contribution in [0.1, 0.15) is 17.5 Å². The first-order chi connectivity index (χ1) is 9.49. The van der Waals surface area contributed by atoms with E-state index in [2.05, 4.69) is 5.32 Å². The second-order valence-electron chi connectivity index (χ2n) is 4.90. The van der Waals surface area contributed by atoms with Crippen LogP contribution in [-0.2, 0) is 16.1 Å². The maximum atomic E-state index is 13.5. The second-order valence-corrected chi connectivity index (χ2v) is 4.90. The van der Waals surface area contributed by atoms with Crippen molar-refractivity contribution in [2.45, 2.75) is 25.9 Å². The number of nitrogens with one attached hydrogen (secondary N) is 1. The van der Waals surface area contributed by atoms with Crippen LogP contribution in [0.15, 0.2) is 18.2 Å². The van der Waals surface area contributed by atoms with Crippen molar-refractivity contribution in [2.24, 2.45) is 0 Å². The molecule has 1 saturated heterocycles. The van der Waals surface area contributed by atoms with E-state index in [4.69, 9.17) is 5.11 Å². The maximum absolute atomic E-state index is 13.5. The van der Waals surface area contributed by atoms with Gasteiger partial charge >= 0.3 is 5.97 Å². The molecule has 0 saturated carbocycles. The molecule has 0 unspecified atom stereocenters. The van der Waals surface area contributed by atoms with Crippen LogP contribution in [0.3, 0.4) is 0 Å². The average molecular weight is 280 g/mol. The molecule has 1 aliphatic heterocycles. The van der Waals surface area contributed by atoms with E-state index >= 15 is 0 Å². The highest BCUT2D eigenvalue weighted by atomic mass is 19.1. The van der Waals surface area contributed by atoms with Gasteiger partial charge in [0.25, 0.3) is 0 Å². The number of aliphatic carboxylic acids is 1. The minimum absolute atomic E-state index is 0.250. The molecule has 1 fully saturated rings. The third kappa shape index (κ3) is 3.14. The zero-order chi connectivity index (χ0) is 14.7. The Kier molecular flexibility index (Phi) is 4.34. The Morgan fingerprint density at radius 1 is 1.55 bits per heavy atom. The van der Waals surface area contributed by atoms with Gasteiger partial charge in [-0.1, -0.05) is 12.1 Å². The molecule has 0 radical (unpaired) electrons. The SMILES string of the molecule is Cc1c(F)cccc1CN1CCNC(=O)[C@@H]1CC(=O)O. The molecule has 2 N–H and O–H groups in total. The first-order valence-corrected chi connectivity index (χ1v) is 6.46. The number of hydrogen-bond acceptors (Lipinski definition) is 3. The van der Waals surface area contributed by atoms with Gasteiger partial charge in [-0.25, -0.2) is 4.39 Å². The minimum atomic E-state index is -1.02. The summed E-state index contributed by atoms with van der Waals surface area (Å²) in [6, 6.07) is 4.09. The van der Waals surface area contributed by atoms with Crippen molar-refractivity contribution >= 4 is 11.9 Å². The highest BCUT2D eigenvalue weighted by Crippen LogP contribution is 2.18. The molecule has 1 aliphatic rings. The van der Waals surface area contributed by atoms with Gasteiger partial charge < -0.3 is 10.4 Å². The van der Waals surface area contributed by atoms with E-state index in [1.54, 1.807) is 24.0 Å². The van der Waals surface area contributed by atoms with Crippen molar-refractivity contribution in [3.05, 3.63) is 35.1 Å². The van der Waals surface area contributed by atoms with Gasteiger partial charge in [0.1, 0.15) is 11.9 Å². The molecule has 6 heteroatoms. The number of benzene rings is 1. The van der Waals surface area contributed by atoms with Gasteiger partial charge in [0.15, 0.2) is 0 Å². The van der Waals surface area contributed by atoms with Gasteiger partial charge in [-0.05, 0) is 24.1 Å². The lowest BCUT2D eigenvalue weighted by Crippen LogP contribution is -2.55. The van der Waals surface area contributed by atoms with Gasteiger partial charge in [0.05, 0.1) is 6.42 Å². The standard InChI is InChI=1S/C14H17FN2O3/c1-9-10(3-2-4-11(9)15)8-17-6-5-16-14(20)12(17)7-13(18)19/h2-4,12H,5-8H2,1H3,(H,16,20)(H,18,19)/t12-/m0/s1. The molecule has 0 spiro atoms. The topological polar surface area (TPSA) is 69.6 Å². The Balaban J connectivity index is 2.18. The quantitative estimate of drug-likeness (QED) is 0.860. The molecule has 1 heterocycles. The lowest BCUT2D eigenvalue weighted by molar-refractivity contribution is -0.143. The summed E-state index contributed by atoms with van der Waals surface area (Å²) >= 11 is 0. The van der Waals surface area contributed by atoms with Crippen LogP contribution in [0.25, 0.3) is 0 Å². The molecule has 1 aromatic carbocycles. The van der Waals surface area contributed by atoms with Crippen LogP contribution in [0, 0.1) is 12.7 Å². The number of piperazine rings is 1. The number of carboxylic acids is 1. The number of halogens is 1. The molecule has 2 rings (SSSR count). The minimum Gasteiger partial charge on any atom is -0.481 e. The Hall–Kier alpha value is -1.95. The Morgan fingerprint density at radius 3 is 3.00 bits per heavy atom. The highest BCUT2D eigenvalue weighted by Gasteiger charge is 2.31. The van der Waals surface area contributed by atoms with Crippen molar-refractivity contribution in [3.63, 3.8) is 0 Å². The van der Waals surface area contributed by atoms with E-state index in [0.29, 0.717) is 25.2 Å². The van der Waals surface area contributed by atoms with Crippen molar-refractivity contribution in [2.75, 3.05) is 13.1 Å². The fourth-order valence-electron chi connectivity index (χ4n) is 2.38. The Bertz CT molecular complexity index is 533. The first kappa shape index (κ1) is 14.5. The third-order valence-corrected chi connectivity index (χ3v) is 3.56. The number of amides is 1. The molecule has 1 amide bonds. The normalized spacial score (nSPS) is 19.7. The van der Waals surface area contributed by atoms with Crippen LogP contribution in [0.2, 0.25) is 0 Å². The molecule has 1 aromatic rings. The van der Waals surface area contributed by atoms with Gasteiger partial charge in [0, 0.05) is 19.6 Å². The maximum Gasteiger partial charge on any atom is 0.305 e. The van der Waals surface area contributed by atoms with E-state index in [1.807, 2.05) is 0 Å². The second kappa shape index (κ2) is 6.00. The van der Waals surface area contributed by atoms with Gasteiger partial charge in [-0.3, -0.25) is 14.5 Å². The van der Waals surface area contributed by atoms with E-state index in [1.165, 1.54) is 6.07 Å². The van der Waals surface area contributed by atoms with Gasteiger partial charge in [-0.15, -0.1) is 0 Å². The summed E-state index contributed by atoms with van der Waals surface area (Å²) in [6.45, 7) is 3.08. The lowest BCUT2D eigenvalue weighted by atomic mass is 10.0. The van der Waals surface area contributed by atoms with Crippen LogP contribution in [0.5, 0.6) is 0 Å². The van der Waals surface area contributed by atoms with Crippen LogP contribution < -0.4 is 5.32 Å². The summed E-state index contributed by atoms with van der Waals surface area (Å²) in [6.07, 6.45) is -0.250. The number of carbonyl (C=O) groups is 2. The van der Waals surface area contributed by atoms with E-state index < -0.39 is 12.0 Å². The third-order valence-electron chi connectivity index (χ3n) is 3.56. The fraction of sp³-hybridized carbons (Fsp3) is 0.429. The summed E-state index contributed by atoms with van der Waals surface area (Å²) in [5.74, 6) is -1.60. The molecule has 20 heavy (non-hydrogen) atoms. The number of carbonyl (C=O) groups excluding carboxylic acids is 1. The largest absolute Gasteiger partial charge is 0.481 e. The number of nitrogens with zero attached hydrogens (tertiary/aromatic N) is 1. The van der Waals surface area contributed by atoms with Crippen LogP contribution in [0.4, 0.5) is 4.39 Å². The number of carboxylic acid groups (broad SMARTS) is 1. The van der Waals surface area contributed by atoms with E-state index in [9.17, 15) is 14.0 Å². The smallest absolute Gasteiger partial charge is 0.305 e. The summed E-state index contributed by atoms with van der Waals surface area (Å²) in [5, 5.41) is 11.6. The summed E-state index contributed by atoms with van der Waals surface area (Å²) in [7, 11) is 0. The van der Waals surface area contributed by atoms with Crippen molar-refractivity contribution in [3.8, 4) is 0 Å². The molecule has 5 nitrogen and oxygen atoms in total. The fourth-order valence-corrected chi connectivity index (χ4v) is 2.38. The summed E-state index contributed by atoms with van der Waals surface area (Å²) in [4.78, 5) is 24.4. The zero-order valence-corrected chi connectivity index (χ0v) is 11.2. The lowest BCUT2D eigenvalue weighted by Gasteiger charge is -2.34. The van der Waals surface area contributed by atoms with Gasteiger partial charge in [0.2, 0.25) is 5.91 Å². The molecular weight excluding hydrogens is 263 g/mol. The summed E-state index contributed by atoms with van der Waals surface area (Å²) < 4.78 is 13.5. The molecule has 108 valence electrons. The van der Waals surface area contributed by atoms with E-state index in [-0.39, 0.29) is 18.1 Å². The summed E-state index contributed by atoms with van der Waals surface area (Å²) in [5.41, 5.74) is 1.31. The molecule has 0 bridgehead atoms. The molecule has 0 aliphatic carbocycles. The first-order valence-electron chi connectivity index (χ1n) is 6.46. The predicted molar refractivity (Wildman–Crippen MR) is 70.6 cm³/mol. The van der Waals surface area contributed by atoms with Crippen molar-refractivity contribution in [1.82, 2.24) is 10.2 Å². The van der Waals surface area contributed by atoms with Crippen molar-refractivity contribution in [1.29, 1.82) is 0 Å². The van der Waals surface area contributed by atoms with E-state index in [0.717, 1.165) is 5.56 Å². The van der Waals surface area contributed by atoms with Gasteiger partial charge in [-0.2, -0.15) is 0 Å². The van der Waals surface area contributed by atoms with Crippen LogP contribution >= 0.6 is 0 Å². The zero-order valence-electron chi connectivity index (χ0n) is 11.2. The highest BCUT2D eigenvalue weighted by molar-refractivity contribution is 5.86. The Morgan fingerprint density at radius 2 is 2.30 bits per heavy atom. The monoisotopic (exact) mass is 280 g/mol. The Labute approximate surface area is 116 Å². The van der Waals surface area contributed by atoms with Crippen molar-refractivity contribution < 1.29 is 19.1 Å². The average Bonchev–Trinajstić information content (AvgIpc) is 2.38. The predicted octanol–water partition coefficient (Wildman–Crippen LogP) is 0.909. The molecule has 1 atom stereocenters. The van der Waals surface area contributed by atoms with Crippen LogP contribution in [-0.4, -0.2) is 41.0 Å². The molecular formula is C14H17FN2O3. The number of hydrogen-bond donors (Lipinski definition) is 2. The number of rotatable bonds is 4.